The quantitative estimate of drug-likeness (QED) is 0.0333. The van der Waals surface area contributed by atoms with Crippen LogP contribution in [0.15, 0.2) is 30.3 Å². The van der Waals surface area contributed by atoms with Gasteiger partial charge in [0.1, 0.15) is 60.4 Å². The monoisotopic (exact) mass is 1200 g/mol. The summed E-state index contributed by atoms with van der Waals surface area (Å²) in [4.78, 5) is 154. The van der Waals surface area contributed by atoms with Crippen molar-refractivity contribution in [2.24, 2.45) is 40.5 Å². The van der Waals surface area contributed by atoms with Crippen molar-refractivity contribution in [2.45, 2.75) is 198 Å². The van der Waals surface area contributed by atoms with E-state index in [1.54, 1.807) is 44.2 Å². The zero-order chi connectivity index (χ0) is 63.8. The Morgan fingerprint density at radius 3 is 1.56 bits per heavy atom. The number of amides is 11. The van der Waals surface area contributed by atoms with Gasteiger partial charge in [0.25, 0.3) is 0 Å². The van der Waals surface area contributed by atoms with Gasteiger partial charge in [-0.15, -0.1) is 0 Å². The summed E-state index contributed by atoms with van der Waals surface area (Å²) in [5.41, 5.74) is 29.9. The minimum Gasteiger partial charge on any atom is -0.391 e. The van der Waals surface area contributed by atoms with E-state index >= 15 is 0 Å². The Hall–Kier alpha value is -6.89. The number of benzene rings is 1. The summed E-state index contributed by atoms with van der Waals surface area (Å²) in [6.07, 6.45) is -1.05. The lowest BCUT2D eigenvalue weighted by Crippen LogP contribution is -2.62. The maximum atomic E-state index is 14.5. The Bertz CT molecular complexity index is 2320. The number of hydrogen-bond donors (Lipinski definition) is 18. The first-order chi connectivity index (χ1) is 40.3. The number of nitrogens with two attached hydrogens (primary N) is 5. The van der Waals surface area contributed by atoms with E-state index in [0.717, 1.165) is 19.3 Å². The van der Waals surface area contributed by atoms with E-state index in [4.69, 9.17) is 28.7 Å². The summed E-state index contributed by atoms with van der Waals surface area (Å²) < 4.78 is 0. The largest absolute Gasteiger partial charge is 0.391 e. The van der Waals surface area contributed by atoms with E-state index in [0.29, 0.717) is 17.9 Å². The molecule has 0 spiro atoms. The third-order valence-electron chi connectivity index (χ3n) is 14.3. The predicted molar refractivity (Wildman–Crippen MR) is 316 cm³/mol. The van der Waals surface area contributed by atoms with Crippen molar-refractivity contribution in [1.82, 2.24) is 58.5 Å². The van der Waals surface area contributed by atoms with Crippen molar-refractivity contribution in [1.29, 1.82) is 0 Å². The summed E-state index contributed by atoms with van der Waals surface area (Å²) in [6.45, 7) is 9.00. The second-order valence-corrected chi connectivity index (χ2v) is 22.0. The molecule has 1 aromatic carbocycles. The summed E-state index contributed by atoms with van der Waals surface area (Å²) in [6, 6.07) is -6.23. The fraction of sp³-hybridized carbons (Fsp3) is 0.696. The van der Waals surface area contributed by atoms with Crippen LogP contribution in [0.5, 0.6) is 0 Å². The molecular weight excluding hydrogens is 1100 g/mol. The topological polar surface area (TPSA) is 491 Å². The van der Waals surface area contributed by atoms with Crippen molar-refractivity contribution >= 4 is 65.0 Å². The third-order valence-corrected chi connectivity index (χ3v) is 14.3. The number of aliphatic hydroxyl groups excluding tert-OH is 2. The molecule has 1 aliphatic rings. The average molecular weight is 1200 g/mol. The van der Waals surface area contributed by atoms with Gasteiger partial charge < -0.3 is 97.4 Å². The standard InChI is InChI=1S/C56H98N16O13/c1-7-32(4)13-11-12-16-44(75)63-36(17-23-57)51(80)72-46(34(6)74)56(85)68-39(20-26-60)48(77)67-41-22-28-62-55(84)45(33(5)73)71-52(81)40(21-27-61)65-47(76)37(18-24-58)66-53(82)42(29-31(2)3)69-54(83)43(30-35-14-9-8-10-15-35)70-49(78)38(19-25-59)64-50(41)79/h8-10,14-15,31-34,36-43,45-46,73-74H,7,11-13,16-30,57-61H2,1-6H3,(H,62,84)(H,63,75)(H,64,79)(H,65,76)(H,66,82)(H,67,77)(H,68,85)(H,69,83)(H,70,78)(H,71,81)(H,72,80)/t32-,33+,34+,36-,37-,38?,39-,40-,41?,42-,43+,45?,46-/m0/s1. The molecule has 1 aliphatic heterocycles. The highest BCUT2D eigenvalue weighted by Crippen LogP contribution is 2.14. The molecule has 0 aromatic heterocycles. The number of aliphatic hydroxyl groups is 2. The van der Waals surface area contributed by atoms with E-state index < -0.39 is 151 Å². The first-order valence-corrected chi connectivity index (χ1v) is 29.5. The van der Waals surface area contributed by atoms with E-state index in [9.17, 15) is 63.0 Å². The van der Waals surface area contributed by atoms with Crippen molar-refractivity contribution in [3.63, 3.8) is 0 Å². The molecule has 1 fully saturated rings. The molecule has 3 unspecified atom stereocenters. The average Bonchev–Trinajstić information content (AvgIpc) is 3.67. The van der Waals surface area contributed by atoms with Gasteiger partial charge in [0.15, 0.2) is 0 Å². The van der Waals surface area contributed by atoms with E-state index in [1.165, 1.54) is 13.8 Å². The second kappa shape index (κ2) is 39.7. The molecule has 29 nitrogen and oxygen atoms in total. The Kier molecular flexibility index (Phi) is 34.6. The molecule has 1 heterocycles. The summed E-state index contributed by atoms with van der Waals surface area (Å²) in [7, 11) is 0. The fourth-order valence-electron chi connectivity index (χ4n) is 9.12. The lowest BCUT2D eigenvalue weighted by molar-refractivity contribution is -0.137. The summed E-state index contributed by atoms with van der Waals surface area (Å²) >= 11 is 0. The van der Waals surface area contributed by atoms with Crippen LogP contribution in [0.1, 0.15) is 124 Å². The number of carbonyl (C=O) groups excluding carboxylic acids is 11. The first-order valence-electron chi connectivity index (χ1n) is 29.5. The molecule has 29 heteroatoms. The SMILES string of the molecule is CC[C@H](C)CCCCC(=O)N[C@@H](CCN)C(=O)N[C@H](C(=O)N[C@@H](CCN)C(=O)NC1CCNC(=O)C([C@@H](C)O)NC(=O)[C@H](CCN)NC(=O)[C@H](CCN)NC(=O)[C@H](CC(C)C)NC(=O)[C@@H](Cc2ccccc2)NC(=O)C(CCN)NC1=O)[C@@H](C)O. The van der Waals surface area contributed by atoms with Crippen molar-refractivity contribution in [3.05, 3.63) is 35.9 Å². The highest BCUT2D eigenvalue weighted by Gasteiger charge is 2.37. The van der Waals surface area contributed by atoms with Gasteiger partial charge in [-0.1, -0.05) is 77.3 Å². The molecule has 1 aromatic rings. The van der Waals surface area contributed by atoms with Crippen LogP contribution in [0.2, 0.25) is 0 Å². The summed E-state index contributed by atoms with van der Waals surface area (Å²) in [5, 5.41) is 49.7. The normalized spacial score (nSPS) is 22.9. The van der Waals surface area contributed by atoms with Crippen LogP contribution in [-0.4, -0.2) is 187 Å². The molecule has 0 saturated carbocycles. The van der Waals surface area contributed by atoms with E-state index in [2.05, 4.69) is 72.3 Å². The smallest absolute Gasteiger partial charge is 0.245 e. The Balaban J connectivity index is 2.67. The van der Waals surface area contributed by atoms with Crippen molar-refractivity contribution < 1.29 is 63.0 Å². The molecule has 0 aliphatic carbocycles. The highest BCUT2D eigenvalue weighted by atomic mass is 16.3. The summed E-state index contributed by atoms with van der Waals surface area (Å²) in [5.74, 6) is -9.45. The van der Waals surface area contributed by atoms with E-state index in [1.807, 2.05) is 0 Å². The van der Waals surface area contributed by atoms with Gasteiger partial charge in [0.2, 0.25) is 65.0 Å². The third kappa shape index (κ3) is 26.9. The molecular formula is C56H98N16O13. The molecule has 0 bridgehead atoms. The molecule has 85 heavy (non-hydrogen) atoms. The lowest BCUT2D eigenvalue weighted by atomic mass is 10.00. The van der Waals surface area contributed by atoms with Gasteiger partial charge in [-0.25, -0.2) is 0 Å². The fourth-order valence-corrected chi connectivity index (χ4v) is 9.12. The van der Waals surface area contributed by atoms with E-state index in [-0.39, 0.29) is 90.0 Å². The maximum absolute atomic E-state index is 14.5. The van der Waals surface area contributed by atoms with Gasteiger partial charge in [0, 0.05) is 19.4 Å². The molecule has 11 amide bonds. The lowest BCUT2D eigenvalue weighted by Gasteiger charge is -2.29. The number of unbranched alkanes of at least 4 members (excludes halogenated alkanes) is 1. The minimum atomic E-state index is -1.70. The predicted octanol–water partition coefficient (Wildman–Crippen LogP) is -5.24. The van der Waals surface area contributed by atoms with Crippen LogP contribution in [-0.2, 0) is 59.2 Å². The molecule has 1 saturated heterocycles. The molecule has 13 atom stereocenters. The maximum Gasteiger partial charge on any atom is 0.245 e. The van der Waals surface area contributed by atoms with Crippen molar-refractivity contribution in [3.8, 4) is 0 Å². The Labute approximate surface area is 498 Å². The first kappa shape index (κ1) is 74.2. The zero-order valence-electron chi connectivity index (χ0n) is 50.2. The van der Waals surface area contributed by atoms with Gasteiger partial charge in [0.05, 0.1) is 12.2 Å². The Morgan fingerprint density at radius 2 is 1.06 bits per heavy atom. The van der Waals surface area contributed by atoms with Gasteiger partial charge in [-0.2, -0.15) is 0 Å². The molecule has 480 valence electrons. The van der Waals surface area contributed by atoms with Crippen molar-refractivity contribution in [2.75, 3.05) is 39.3 Å². The Morgan fingerprint density at radius 1 is 0.565 bits per heavy atom. The second-order valence-electron chi connectivity index (χ2n) is 22.0. The number of rotatable bonds is 29. The van der Waals surface area contributed by atoms with Crippen LogP contribution in [0.4, 0.5) is 0 Å². The minimum absolute atomic E-state index is 0.0173. The zero-order valence-corrected chi connectivity index (χ0v) is 50.2. The number of carbonyl (C=O) groups is 11. The van der Waals surface area contributed by atoms with Crippen LogP contribution >= 0.6 is 0 Å². The number of nitrogens with one attached hydrogen (secondary N) is 11. The van der Waals surface area contributed by atoms with Gasteiger partial charge >= 0.3 is 0 Å². The van der Waals surface area contributed by atoms with Crippen LogP contribution in [0.3, 0.4) is 0 Å². The number of hydrogen-bond acceptors (Lipinski definition) is 18. The van der Waals surface area contributed by atoms with Crippen LogP contribution in [0, 0.1) is 11.8 Å². The molecule has 2 rings (SSSR count). The van der Waals surface area contributed by atoms with Gasteiger partial charge in [-0.05, 0) is 115 Å². The highest BCUT2D eigenvalue weighted by molar-refractivity contribution is 5.99. The molecule has 0 radical (unpaired) electrons. The van der Waals surface area contributed by atoms with Crippen LogP contribution < -0.4 is 87.2 Å². The molecule has 23 N–H and O–H groups in total. The van der Waals surface area contributed by atoms with Crippen LogP contribution in [0.25, 0.3) is 0 Å². The van der Waals surface area contributed by atoms with Gasteiger partial charge in [-0.3, -0.25) is 52.7 Å².